The predicted octanol–water partition coefficient (Wildman–Crippen LogP) is 2.59. The van der Waals surface area contributed by atoms with Crippen molar-refractivity contribution in [2.75, 3.05) is 27.7 Å². The van der Waals surface area contributed by atoms with Gasteiger partial charge in [-0.3, -0.25) is 9.69 Å². The van der Waals surface area contributed by atoms with Crippen molar-refractivity contribution < 1.29 is 4.79 Å². The van der Waals surface area contributed by atoms with Gasteiger partial charge >= 0.3 is 0 Å². The highest BCUT2D eigenvalue weighted by molar-refractivity contribution is 5.85. The van der Waals surface area contributed by atoms with E-state index in [1.807, 2.05) is 27.0 Å². The molecule has 1 unspecified atom stereocenters. The first-order chi connectivity index (χ1) is 8.76. The molecule has 0 heterocycles. The molecule has 0 saturated carbocycles. The summed E-state index contributed by atoms with van der Waals surface area (Å²) in [6.07, 6.45) is 0. The van der Waals surface area contributed by atoms with Crippen molar-refractivity contribution in [3.05, 3.63) is 35.9 Å². The number of carbonyl (C=O) groups is 1. The van der Waals surface area contributed by atoms with Crippen molar-refractivity contribution in [2.45, 2.75) is 32.2 Å². The van der Waals surface area contributed by atoms with Crippen LogP contribution in [-0.2, 0) is 4.79 Å². The van der Waals surface area contributed by atoms with Crippen LogP contribution < -0.4 is 0 Å². The Morgan fingerprint density at radius 3 is 2.16 bits per heavy atom. The Morgan fingerprint density at radius 1 is 1.16 bits per heavy atom. The molecule has 0 saturated heterocycles. The molecule has 106 valence electrons. The fourth-order valence-corrected chi connectivity index (χ4v) is 2.24. The van der Waals surface area contributed by atoms with Crippen molar-refractivity contribution in [1.29, 1.82) is 0 Å². The van der Waals surface area contributed by atoms with Crippen molar-refractivity contribution in [3.8, 4) is 0 Å². The second-order valence-corrected chi connectivity index (χ2v) is 5.95. The van der Waals surface area contributed by atoms with Crippen LogP contribution in [0, 0.1) is 0 Å². The molecule has 1 atom stereocenters. The lowest BCUT2D eigenvalue weighted by Gasteiger charge is -2.37. The summed E-state index contributed by atoms with van der Waals surface area (Å²) < 4.78 is 0. The second-order valence-electron chi connectivity index (χ2n) is 5.95. The molecule has 0 spiro atoms. The van der Waals surface area contributed by atoms with Crippen LogP contribution in [0.5, 0.6) is 0 Å². The van der Waals surface area contributed by atoms with E-state index in [-0.39, 0.29) is 5.91 Å². The molecule has 0 aliphatic heterocycles. The molecule has 0 aliphatic rings. The normalized spacial score (nSPS) is 13.4. The molecule has 19 heavy (non-hydrogen) atoms. The van der Waals surface area contributed by atoms with Crippen LogP contribution in [0.25, 0.3) is 0 Å². The average molecular weight is 262 g/mol. The SMILES string of the molecule is CC(CN(C)C(C)(C)C(=O)N(C)C)c1ccccc1. The first-order valence-corrected chi connectivity index (χ1v) is 6.74. The monoisotopic (exact) mass is 262 g/mol. The van der Waals surface area contributed by atoms with E-state index in [1.54, 1.807) is 19.0 Å². The minimum absolute atomic E-state index is 0.135. The number of likely N-dealkylation sites (N-methyl/N-ethyl adjacent to an activating group) is 2. The van der Waals surface area contributed by atoms with Crippen molar-refractivity contribution in [3.63, 3.8) is 0 Å². The molecule has 1 amide bonds. The predicted molar refractivity (Wildman–Crippen MR) is 80.3 cm³/mol. The lowest BCUT2D eigenvalue weighted by atomic mass is 9.96. The topological polar surface area (TPSA) is 23.6 Å². The summed E-state index contributed by atoms with van der Waals surface area (Å²) in [7, 11) is 5.62. The lowest BCUT2D eigenvalue weighted by molar-refractivity contribution is -0.139. The van der Waals surface area contributed by atoms with Crippen molar-refractivity contribution in [1.82, 2.24) is 9.80 Å². The number of benzene rings is 1. The van der Waals surface area contributed by atoms with E-state index in [4.69, 9.17) is 0 Å². The largest absolute Gasteiger partial charge is 0.347 e. The maximum Gasteiger partial charge on any atom is 0.241 e. The van der Waals surface area contributed by atoms with Gasteiger partial charge in [0.05, 0.1) is 5.54 Å². The van der Waals surface area contributed by atoms with Crippen LogP contribution in [0.1, 0.15) is 32.3 Å². The van der Waals surface area contributed by atoms with Crippen LogP contribution in [-0.4, -0.2) is 48.9 Å². The third-order valence-electron chi connectivity index (χ3n) is 3.80. The van der Waals surface area contributed by atoms with Gasteiger partial charge in [0.1, 0.15) is 0 Å². The minimum atomic E-state index is -0.480. The molecular weight excluding hydrogens is 236 g/mol. The number of rotatable bonds is 5. The van der Waals surface area contributed by atoms with Gasteiger partial charge in [-0.1, -0.05) is 37.3 Å². The van der Waals surface area contributed by atoms with Crippen LogP contribution in [0.4, 0.5) is 0 Å². The third kappa shape index (κ3) is 3.80. The van der Waals surface area contributed by atoms with E-state index in [9.17, 15) is 4.79 Å². The number of nitrogens with zero attached hydrogens (tertiary/aromatic N) is 2. The maximum atomic E-state index is 12.2. The molecule has 0 bridgehead atoms. The number of carbonyl (C=O) groups excluding carboxylic acids is 1. The van der Waals surface area contributed by atoms with Crippen LogP contribution in [0.2, 0.25) is 0 Å². The molecule has 1 aromatic carbocycles. The molecule has 1 rings (SSSR count). The summed E-state index contributed by atoms with van der Waals surface area (Å²) in [6.45, 7) is 7.01. The quantitative estimate of drug-likeness (QED) is 0.814. The molecule has 0 aliphatic carbocycles. The van der Waals surface area contributed by atoms with Gasteiger partial charge < -0.3 is 4.90 Å². The van der Waals surface area contributed by atoms with Crippen LogP contribution in [0.15, 0.2) is 30.3 Å². The minimum Gasteiger partial charge on any atom is -0.347 e. The highest BCUT2D eigenvalue weighted by Crippen LogP contribution is 2.21. The molecule has 0 radical (unpaired) electrons. The van der Waals surface area contributed by atoms with E-state index < -0.39 is 5.54 Å². The lowest BCUT2D eigenvalue weighted by Crippen LogP contribution is -2.53. The number of hydrogen-bond donors (Lipinski definition) is 0. The Morgan fingerprint density at radius 2 is 1.68 bits per heavy atom. The van der Waals surface area contributed by atoms with Gasteiger partial charge in [0.25, 0.3) is 0 Å². The van der Waals surface area contributed by atoms with E-state index in [0.29, 0.717) is 5.92 Å². The summed E-state index contributed by atoms with van der Waals surface area (Å²) in [4.78, 5) is 16.0. The molecule has 0 fully saturated rings. The molecule has 1 aromatic rings. The van der Waals surface area contributed by atoms with Crippen molar-refractivity contribution in [2.24, 2.45) is 0 Å². The number of hydrogen-bond acceptors (Lipinski definition) is 2. The zero-order valence-corrected chi connectivity index (χ0v) is 13.0. The summed E-state index contributed by atoms with van der Waals surface area (Å²) in [5, 5.41) is 0. The van der Waals surface area contributed by atoms with Crippen molar-refractivity contribution >= 4 is 5.91 Å². The smallest absolute Gasteiger partial charge is 0.241 e. The maximum absolute atomic E-state index is 12.2. The first-order valence-electron chi connectivity index (χ1n) is 6.74. The Balaban J connectivity index is 2.74. The van der Waals surface area contributed by atoms with Gasteiger partial charge in [0.2, 0.25) is 5.91 Å². The van der Waals surface area contributed by atoms with Gasteiger partial charge in [-0.15, -0.1) is 0 Å². The van der Waals surface area contributed by atoms with Gasteiger partial charge in [0, 0.05) is 20.6 Å². The second kappa shape index (κ2) is 6.20. The van der Waals surface area contributed by atoms with Gasteiger partial charge in [-0.05, 0) is 32.4 Å². The molecule has 0 N–H and O–H groups in total. The highest BCUT2D eigenvalue weighted by Gasteiger charge is 2.34. The van der Waals surface area contributed by atoms with Gasteiger partial charge in [0.15, 0.2) is 0 Å². The molecule has 3 heteroatoms. The van der Waals surface area contributed by atoms with E-state index in [0.717, 1.165) is 6.54 Å². The number of amides is 1. The molecule has 3 nitrogen and oxygen atoms in total. The Labute approximate surface area is 117 Å². The Kier molecular flexibility index (Phi) is 5.12. The van der Waals surface area contributed by atoms with Gasteiger partial charge in [-0.25, -0.2) is 0 Å². The summed E-state index contributed by atoms with van der Waals surface area (Å²) in [5.74, 6) is 0.538. The molecular formula is C16H26N2O. The Bertz CT molecular complexity index is 412. The van der Waals surface area contributed by atoms with Crippen LogP contribution in [0.3, 0.4) is 0 Å². The average Bonchev–Trinajstić information content (AvgIpc) is 2.38. The van der Waals surface area contributed by atoms with Gasteiger partial charge in [-0.2, -0.15) is 0 Å². The van der Waals surface area contributed by atoms with E-state index >= 15 is 0 Å². The summed E-state index contributed by atoms with van der Waals surface area (Å²) in [5.41, 5.74) is 0.828. The third-order valence-corrected chi connectivity index (χ3v) is 3.80. The van der Waals surface area contributed by atoms with Crippen LogP contribution >= 0.6 is 0 Å². The van der Waals surface area contributed by atoms with E-state index in [2.05, 4.69) is 36.1 Å². The summed E-state index contributed by atoms with van der Waals surface area (Å²) >= 11 is 0. The zero-order valence-electron chi connectivity index (χ0n) is 13.0. The standard InChI is InChI=1S/C16H26N2O/c1-13(14-10-8-7-9-11-14)12-18(6)16(2,3)15(19)17(4)5/h7-11,13H,12H2,1-6H3. The fraction of sp³-hybridized carbons (Fsp3) is 0.562. The highest BCUT2D eigenvalue weighted by atomic mass is 16.2. The Hall–Kier alpha value is -1.35. The molecule has 0 aromatic heterocycles. The summed E-state index contributed by atoms with van der Waals surface area (Å²) in [6, 6.07) is 10.4. The first kappa shape index (κ1) is 15.7. The zero-order chi connectivity index (χ0) is 14.6. The van der Waals surface area contributed by atoms with E-state index in [1.165, 1.54) is 5.56 Å². The fourth-order valence-electron chi connectivity index (χ4n) is 2.24.